The monoisotopic (exact) mass is 1170 g/mol. The van der Waals surface area contributed by atoms with Gasteiger partial charge >= 0.3 is 0 Å². The molecule has 0 aliphatic carbocycles. The summed E-state index contributed by atoms with van der Waals surface area (Å²) in [7, 11) is 0. The maximum atomic E-state index is 13.1. The van der Waals surface area contributed by atoms with Crippen molar-refractivity contribution in [2.24, 2.45) is 0 Å². The molecule has 7 atom stereocenters. The second-order valence-corrected chi connectivity index (χ2v) is 25.7. The average Bonchev–Trinajstić information content (AvgIpc) is 3.49. The minimum atomic E-state index is -1.57. The fourth-order valence-corrected chi connectivity index (χ4v) is 12.0. The number of amides is 1. The molecule has 1 saturated heterocycles. The zero-order valence-corrected chi connectivity index (χ0v) is 55.0. The van der Waals surface area contributed by atoms with Crippen LogP contribution in [0, 0.1) is 0 Å². The van der Waals surface area contributed by atoms with Crippen molar-refractivity contribution in [2.75, 3.05) is 13.2 Å². The Morgan fingerprint density at radius 1 is 0.398 bits per heavy atom. The maximum absolute atomic E-state index is 13.1. The molecular weight excluding hydrogens is 1030 g/mol. The molecule has 0 aromatic carbocycles. The summed E-state index contributed by atoms with van der Waals surface area (Å²) < 4.78 is 11.3. The minimum Gasteiger partial charge on any atom is -0.394 e. The quantitative estimate of drug-likeness (QED) is 0.0261. The zero-order valence-electron chi connectivity index (χ0n) is 55.0. The molecule has 83 heavy (non-hydrogen) atoms. The van der Waals surface area contributed by atoms with Gasteiger partial charge in [0.05, 0.1) is 25.4 Å². The van der Waals surface area contributed by atoms with Crippen LogP contribution in [0.4, 0.5) is 0 Å². The Bertz CT molecular complexity index is 1410. The lowest BCUT2D eigenvalue weighted by atomic mass is 9.99. The summed E-state index contributed by atoms with van der Waals surface area (Å²) in [4.78, 5) is 13.1. The topological polar surface area (TPSA) is 149 Å². The second kappa shape index (κ2) is 63.4. The molecule has 1 aliphatic rings. The van der Waals surface area contributed by atoms with E-state index in [9.17, 15) is 30.3 Å². The second-order valence-electron chi connectivity index (χ2n) is 25.7. The normalized spacial score (nSPS) is 18.4. The van der Waals surface area contributed by atoms with Crippen molar-refractivity contribution in [1.29, 1.82) is 0 Å². The largest absolute Gasteiger partial charge is 0.394 e. The molecule has 9 nitrogen and oxygen atoms in total. The van der Waals surface area contributed by atoms with Crippen molar-refractivity contribution in [3.05, 3.63) is 36.5 Å². The number of rotatable bonds is 65. The number of carbonyl (C=O) groups excluding carboxylic acids is 1. The highest BCUT2D eigenvalue weighted by molar-refractivity contribution is 5.76. The van der Waals surface area contributed by atoms with Crippen LogP contribution in [0.3, 0.4) is 0 Å². The molecule has 9 heteroatoms. The molecule has 0 saturated carbocycles. The van der Waals surface area contributed by atoms with Gasteiger partial charge in [-0.1, -0.05) is 359 Å². The maximum Gasteiger partial charge on any atom is 0.220 e. The lowest BCUT2D eigenvalue weighted by Gasteiger charge is -2.40. The van der Waals surface area contributed by atoms with Gasteiger partial charge in [-0.25, -0.2) is 0 Å². The number of ether oxygens (including phenoxy) is 2. The summed E-state index contributed by atoms with van der Waals surface area (Å²) in [6.45, 7) is 3.81. The third kappa shape index (κ3) is 52.1. The fourth-order valence-electron chi connectivity index (χ4n) is 12.0. The Morgan fingerprint density at radius 3 is 1.01 bits per heavy atom. The van der Waals surface area contributed by atoms with E-state index in [0.29, 0.717) is 6.42 Å². The molecule has 0 spiro atoms. The molecule has 0 aromatic heterocycles. The predicted molar refractivity (Wildman–Crippen MR) is 355 cm³/mol. The number of carbonyl (C=O) groups is 1. The van der Waals surface area contributed by atoms with Gasteiger partial charge in [0.1, 0.15) is 24.4 Å². The predicted octanol–water partition coefficient (Wildman–Crippen LogP) is 20.2. The van der Waals surface area contributed by atoms with Crippen LogP contribution in [0.1, 0.15) is 373 Å². The van der Waals surface area contributed by atoms with E-state index in [1.165, 1.54) is 308 Å². The van der Waals surface area contributed by atoms with E-state index in [2.05, 4.69) is 43.5 Å². The van der Waals surface area contributed by atoms with Crippen LogP contribution >= 0.6 is 0 Å². The van der Waals surface area contributed by atoms with Crippen LogP contribution in [0.2, 0.25) is 0 Å². The van der Waals surface area contributed by atoms with Crippen LogP contribution in [0.25, 0.3) is 0 Å². The highest BCUT2D eigenvalue weighted by Crippen LogP contribution is 2.24. The Kier molecular flexibility index (Phi) is 60.7. The van der Waals surface area contributed by atoms with Gasteiger partial charge in [-0.3, -0.25) is 4.79 Å². The molecule has 0 radical (unpaired) electrons. The van der Waals surface area contributed by atoms with Crippen LogP contribution in [-0.2, 0) is 14.3 Å². The molecule has 1 amide bonds. The summed E-state index contributed by atoms with van der Waals surface area (Å²) in [6, 6.07) is -0.828. The molecule has 1 rings (SSSR count). The van der Waals surface area contributed by atoms with Gasteiger partial charge in [0.15, 0.2) is 6.29 Å². The average molecular weight is 1170 g/mol. The van der Waals surface area contributed by atoms with E-state index in [1.54, 1.807) is 6.08 Å². The van der Waals surface area contributed by atoms with Crippen molar-refractivity contribution in [3.63, 3.8) is 0 Å². The standard InChI is InChI=1S/C74H141NO8/c1-3-5-7-9-11-13-15-17-19-21-23-25-27-28-29-30-31-32-33-34-35-36-37-38-39-40-41-42-44-46-48-50-52-54-56-58-60-62-64-70(78)75-67(66-82-74-73(81)72(80)71(79)69(65-76)83-74)68(77)63-61-59-57-55-53-51-49-47-45-43-26-24-22-20-18-16-14-12-10-8-6-4-2/h45,47,53,55,61,63,67-69,71-74,76-77,79-81H,3-44,46,48-52,54,56-60,62,64-66H2,1-2H3,(H,75,78)/b47-45+,55-53+,63-61+. The minimum absolute atomic E-state index is 0.183. The van der Waals surface area contributed by atoms with E-state index in [1.807, 2.05) is 6.08 Å². The van der Waals surface area contributed by atoms with Crippen LogP contribution in [0.5, 0.6) is 0 Å². The van der Waals surface area contributed by atoms with Gasteiger partial charge in [-0.15, -0.1) is 0 Å². The molecule has 1 aliphatic heterocycles. The number of aliphatic hydroxyl groups excluding tert-OH is 5. The smallest absolute Gasteiger partial charge is 0.220 e. The van der Waals surface area contributed by atoms with E-state index >= 15 is 0 Å². The van der Waals surface area contributed by atoms with Crippen molar-refractivity contribution >= 4 is 5.91 Å². The summed E-state index contributed by atoms with van der Waals surface area (Å²) in [5.74, 6) is -0.183. The lowest BCUT2D eigenvalue weighted by molar-refractivity contribution is -0.302. The van der Waals surface area contributed by atoms with E-state index in [4.69, 9.17) is 9.47 Å². The molecule has 490 valence electrons. The third-order valence-electron chi connectivity index (χ3n) is 17.7. The first-order chi connectivity index (χ1) is 40.8. The van der Waals surface area contributed by atoms with Crippen LogP contribution in [-0.4, -0.2) is 87.5 Å². The van der Waals surface area contributed by atoms with Gasteiger partial charge in [0, 0.05) is 6.42 Å². The number of aliphatic hydroxyl groups is 5. The number of unbranched alkanes of at least 4 members (excludes halogenated alkanes) is 51. The molecule has 1 heterocycles. The van der Waals surface area contributed by atoms with Crippen molar-refractivity contribution in [1.82, 2.24) is 5.32 Å². The zero-order chi connectivity index (χ0) is 60.0. The molecule has 0 bridgehead atoms. The first kappa shape index (κ1) is 79.4. The highest BCUT2D eigenvalue weighted by atomic mass is 16.7. The number of nitrogens with one attached hydrogen (secondary N) is 1. The first-order valence-corrected chi connectivity index (χ1v) is 36.7. The van der Waals surface area contributed by atoms with E-state index in [0.717, 1.165) is 44.9 Å². The Labute approximate surface area is 514 Å². The Morgan fingerprint density at radius 2 is 0.687 bits per heavy atom. The molecule has 6 N–H and O–H groups in total. The Hall–Kier alpha value is -1.59. The number of hydrogen-bond donors (Lipinski definition) is 6. The molecule has 7 unspecified atom stereocenters. The van der Waals surface area contributed by atoms with Gasteiger partial charge < -0.3 is 40.3 Å². The summed E-state index contributed by atoms with van der Waals surface area (Å²) in [5.41, 5.74) is 0. The van der Waals surface area contributed by atoms with E-state index in [-0.39, 0.29) is 12.5 Å². The molecule has 1 fully saturated rings. The van der Waals surface area contributed by atoms with E-state index < -0.39 is 49.5 Å². The Balaban J connectivity index is 2.07. The summed E-state index contributed by atoms with van der Waals surface area (Å²) in [5, 5.41) is 54.7. The fraction of sp³-hybridized carbons (Fsp3) is 0.905. The molecular formula is C74H141NO8. The lowest BCUT2D eigenvalue weighted by Crippen LogP contribution is -2.60. The summed E-state index contributed by atoms with van der Waals surface area (Å²) >= 11 is 0. The van der Waals surface area contributed by atoms with Crippen molar-refractivity contribution in [2.45, 2.75) is 416 Å². The van der Waals surface area contributed by atoms with Crippen LogP contribution in [0.15, 0.2) is 36.5 Å². The van der Waals surface area contributed by atoms with Gasteiger partial charge in [-0.05, 0) is 44.9 Å². The van der Waals surface area contributed by atoms with Crippen molar-refractivity contribution < 1.29 is 39.8 Å². The van der Waals surface area contributed by atoms with Gasteiger partial charge in [0.25, 0.3) is 0 Å². The SMILES string of the molecule is CCCCCCCCCCCCCC/C=C/CC/C=C/CC/C=C/C(O)C(COC1OC(CO)C(O)C(O)C1O)NC(=O)CCCCCCCCCCCCCCCCCCCCCCCCCCCCCCCCCCCCCCCC. The first-order valence-electron chi connectivity index (χ1n) is 36.7. The van der Waals surface area contributed by atoms with Gasteiger partial charge in [0.2, 0.25) is 5.91 Å². The summed E-state index contributed by atoms with van der Waals surface area (Å²) in [6.07, 6.45) is 78.6. The third-order valence-corrected chi connectivity index (χ3v) is 17.7. The van der Waals surface area contributed by atoms with Crippen LogP contribution < -0.4 is 5.32 Å². The van der Waals surface area contributed by atoms with Crippen molar-refractivity contribution in [3.8, 4) is 0 Å². The number of hydrogen-bond acceptors (Lipinski definition) is 8. The number of allylic oxidation sites excluding steroid dienone is 5. The highest BCUT2D eigenvalue weighted by Gasteiger charge is 2.44. The molecule has 0 aromatic rings. The van der Waals surface area contributed by atoms with Gasteiger partial charge in [-0.2, -0.15) is 0 Å².